The third-order valence-electron chi connectivity index (χ3n) is 5.74. The minimum atomic E-state index is -4.02. The first-order chi connectivity index (χ1) is 15.5. The van der Waals surface area contributed by atoms with Crippen LogP contribution >= 0.6 is 0 Å². The smallest absolute Gasteiger partial charge is 0.268 e. The Hall–Kier alpha value is -3.13. The van der Waals surface area contributed by atoms with Crippen LogP contribution in [0.25, 0.3) is 0 Å². The Balaban J connectivity index is 1.92. The number of sulfonamides is 1. The lowest BCUT2D eigenvalue weighted by Gasteiger charge is -2.25. The van der Waals surface area contributed by atoms with Gasteiger partial charge < -0.3 is 5.32 Å². The Bertz CT molecular complexity index is 1230. The Labute approximate surface area is 196 Å². The minimum absolute atomic E-state index is 0.129. The molecular formula is C25H32N4O3S. The molecule has 0 saturated heterocycles. The van der Waals surface area contributed by atoms with Crippen LogP contribution in [0.2, 0.25) is 0 Å². The molecule has 0 bridgehead atoms. The number of nitrogens with zero attached hydrogens (tertiary/aromatic N) is 3. The molecule has 1 N–H and O–H groups in total. The molecule has 1 heterocycles. The van der Waals surface area contributed by atoms with Crippen LogP contribution in [0, 0.1) is 20.8 Å². The summed E-state index contributed by atoms with van der Waals surface area (Å²) in [7, 11) is -2.32. The topological polar surface area (TPSA) is 84.3 Å². The summed E-state index contributed by atoms with van der Waals surface area (Å²) in [6, 6.07) is 15.1. The lowest BCUT2D eigenvalue weighted by Crippen LogP contribution is -2.41. The maximum atomic E-state index is 13.7. The number of amides is 1. The molecule has 7 nitrogen and oxygen atoms in total. The number of carbonyl (C=O) groups is 1. The lowest BCUT2D eigenvalue weighted by atomic mass is 10.0. The van der Waals surface area contributed by atoms with E-state index in [1.165, 1.54) is 4.31 Å². The predicted octanol–water partition coefficient (Wildman–Crippen LogP) is 3.98. The van der Waals surface area contributed by atoms with E-state index in [1.807, 2.05) is 43.3 Å². The number of carbonyl (C=O) groups excluding carboxylic acids is 1. The van der Waals surface area contributed by atoms with Crippen molar-refractivity contribution in [1.29, 1.82) is 0 Å². The second kappa shape index (κ2) is 9.79. The summed E-state index contributed by atoms with van der Waals surface area (Å²) in [5, 5.41) is 7.10. The lowest BCUT2D eigenvalue weighted by molar-refractivity contribution is -0.119. The normalized spacial score (nSPS) is 11.6. The molecule has 0 aliphatic carbocycles. The first-order valence-corrected chi connectivity index (χ1v) is 12.4. The van der Waals surface area contributed by atoms with Gasteiger partial charge in [-0.1, -0.05) is 55.8 Å². The summed E-state index contributed by atoms with van der Waals surface area (Å²) < 4.78 is 30.2. The van der Waals surface area contributed by atoms with E-state index in [0.29, 0.717) is 29.5 Å². The Morgan fingerprint density at radius 1 is 1.03 bits per heavy atom. The van der Waals surface area contributed by atoms with Gasteiger partial charge in [-0.05, 0) is 49.9 Å². The number of hydrogen-bond donors (Lipinski definition) is 1. The van der Waals surface area contributed by atoms with Gasteiger partial charge in [0.15, 0.2) is 0 Å². The van der Waals surface area contributed by atoms with Gasteiger partial charge in [0, 0.05) is 13.6 Å². The minimum Gasteiger partial charge on any atom is -0.350 e. The molecule has 0 saturated carbocycles. The summed E-state index contributed by atoms with van der Waals surface area (Å²) in [4.78, 5) is 13.0. The van der Waals surface area contributed by atoms with Crippen LogP contribution in [0.15, 0.2) is 53.4 Å². The zero-order chi connectivity index (χ0) is 24.3. The van der Waals surface area contributed by atoms with E-state index in [9.17, 15) is 13.2 Å². The van der Waals surface area contributed by atoms with E-state index in [-0.39, 0.29) is 17.3 Å². The van der Waals surface area contributed by atoms with Crippen molar-refractivity contribution >= 4 is 21.6 Å². The predicted molar refractivity (Wildman–Crippen MR) is 131 cm³/mol. The Morgan fingerprint density at radius 2 is 1.64 bits per heavy atom. The van der Waals surface area contributed by atoms with Gasteiger partial charge in [0.05, 0.1) is 17.1 Å². The molecule has 0 radical (unpaired) electrons. The van der Waals surface area contributed by atoms with Crippen molar-refractivity contribution in [3.05, 3.63) is 76.6 Å². The summed E-state index contributed by atoms with van der Waals surface area (Å²) in [5.74, 6) is -0.0731. The van der Waals surface area contributed by atoms with Crippen LogP contribution < -0.4 is 9.62 Å². The van der Waals surface area contributed by atoms with Crippen LogP contribution in [-0.4, -0.2) is 30.7 Å². The zero-order valence-corrected chi connectivity index (χ0v) is 20.9. The van der Waals surface area contributed by atoms with Crippen LogP contribution in [0.5, 0.6) is 0 Å². The molecule has 0 spiro atoms. The number of nitrogens with one attached hydrogen (secondary N) is 1. The number of anilines is 1. The summed E-state index contributed by atoms with van der Waals surface area (Å²) >= 11 is 0. The van der Waals surface area contributed by atoms with Crippen molar-refractivity contribution in [1.82, 2.24) is 15.1 Å². The third-order valence-corrected chi connectivity index (χ3v) is 7.76. The third kappa shape index (κ3) is 5.45. The van der Waals surface area contributed by atoms with E-state index >= 15 is 0 Å². The highest BCUT2D eigenvalue weighted by Crippen LogP contribution is 2.29. The Kier molecular flexibility index (Phi) is 7.27. The first kappa shape index (κ1) is 24.5. The van der Waals surface area contributed by atoms with Gasteiger partial charge in [0.2, 0.25) is 5.91 Å². The number of hydrogen-bond acceptors (Lipinski definition) is 4. The van der Waals surface area contributed by atoms with Crippen LogP contribution in [0.3, 0.4) is 0 Å². The van der Waals surface area contributed by atoms with Gasteiger partial charge in [-0.25, -0.2) is 8.42 Å². The monoisotopic (exact) mass is 468 g/mol. The number of aryl methyl sites for hydroxylation is 3. The van der Waals surface area contributed by atoms with Crippen LogP contribution in [-0.2, 0) is 28.4 Å². The molecule has 8 heteroatoms. The zero-order valence-electron chi connectivity index (χ0n) is 20.1. The van der Waals surface area contributed by atoms with Gasteiger partial charge in [-0.15, -0.1) is 0 Å². The standard InChI is InChI=1S/C25H32N4O3S/c1-17(2)22-11-13-23(14-12-22)29(33(31,32)25-19(4)27-28(6)20(25)5)16-24(30)26-15-21-9-7-18(3)8-10-21/h7-14,17H,15-16H2,1-6H3,(H,26,30). The van der Waals surface area contributed by atoms with Crippen LogP contribution in [0.4, 0.5) is 5.69 Å². The fourth-order valence-electron chi connectivity index (χ4n) is 3.67. The van der Waals surface area contributed by atoms with Crippen molar-refractivity contribution in [2.75, 3.05) is 10.8 Å². The molecule has 33 heavy (non-hydrogen) atoms. The quantitative estimate of drug-likeness (QED) is 0.542. The van der Waals surface area contributed by atoms with Crippen molar-refractivity contribution in [2.24, 2.45) is 7.05 Å². The van der Waals surface area contributed by atoms with Gasteiger partial charge in [-0.2, -0.15) is 5.10 Å². The highest BCUT2D eigenvalue weighted by molar-refractivity contribution is 7.93. The van der Waals surface area contributed by atoms with Crippen molar-refractivity contribution in [2.45, 2.75) is 52.0 Å². The maximum Gasteiger partial charge on any atom is 0.268 e. The molecular weight excluding hydrogens is 436 g/mol. The highest BCUT2D eigenvalue weighted by atomic mass is 32.2. The average Bonchev–Trinajstić information content (AvgIpc) is 3.03. The average molecular weight is 469 g/mol. The fraction of sp³-hybridized carbons (Fsp3) is 0.360. The number of benzene rings is 2. The summed E-state index contributed by atoms with van der Waals surface area (Å²) in [5.41, 5.74) is 4.54. The van der Waals surface area contributed by atoms with E-state index in [0.717, 1.165) is 16.7 Å². The van der Waals surface area contributed by atoms with E-state index in [4.69, 9.17) is 0 Å². The van der Waals surface area contributed by atoms with Crippen molar-refractivity contribution in [3.63, 3.8) is 0 Å². The highest BCUT2D eigenvalue weighted by Gasteiger charge is 2.32. The molecule has 0 atom stereocenters. The molecule has 2 aromatic carbocycles. The fourth-order valence-corrected chi connectivity index (χ4v) is 5.50. The second-order valence-corrected chi connectivity index (χ2v) is 10.4. The van der Waals surface area contributed by atoms with Crippen molar-refractivity contribution < 1.29 is 13.2 Å². The molecule has 1 aromatic heterocycles. The molecule has 176 valence electrons. The van der Waals surface area contributed by atoms with Gasteiger partial charge in [-0.3, -0.25) is 13.8 Å². The molecule has 3 rings (SSSR count). The van der Waals surface area contributed by atoms with Crippen LogP contribution in [0.1, 0.15) is 47.8 Å². The van der Waals surface area contributed by atoms with Gasteiger partial charge in [0.1, 0.15) is 11.4 Å². The van der Waals surface area contributed by atoms with E-state index in [2.05, 4.69) is 24.3 Å². The first-order valence-electron chi connectivity index (χ1n) is 11.0. The number of aromatic nitrogens is 2. The summed E-state index contributed by atoms with van der Waals surface area (Å²) in [6.45, 7) is 9.52. The molecule has 3 aromatic rings. The van der Waals surface area contributed by atoms with E-state index in [1.54, 1.807) is 37.7 Å². The Morgan fingerprint density at radius 3 is 2.15 bits per heavy atom. The number of rotatable bonds is 8. The maximum absolute atomic E-state index is 13.7. The largest absolute Gasteiger partial charge is 0.350 e. The SMILES string of the molecule is Cc1ccc(CNC(=O)CN(c2ccc(C(C)C)cc2)S(=O)(=O)c2c(C)nn(C)c2C)cc1. The summed E-state index contributed by atoms with van der Waals surface area (Å²) in [6.07, 6.45) is 0. The molecule has 0 unspecified atom stereocenters. The van der Waals surface area contributed by atoms with Gasteiger partial charge in [0.25, 0.3) is 10.0 Å². The molecule has 0 fully saturated rings. The molecule has 1 amide bonds. The van der Waals surface area contributed by atoms with Crippen molar-refractivity contribution in [3.8, 4) is 0 Å². The molecule has 0 aliphatic rings. The van der Waals surface area contributed by atoms with E-state index < -0.39 is 10.0 Å². The van der Waals surface area contributed by atoms with Gasteiger partial charge >= 0.3 is 0 Å². The second-order valence-electron chi connectivity index (χ2n) is 8.64. The molecule has 0 aliphatic heterocycles.